The Balaban J connectivity index is 2.94. The van der Waals surface area contributed by atoms with Gasteiger partial charge in [-0.25, -0.2) is 0 Å². The highest BCUT2D eigenvalue weighted by Crippen LogP contribution is 2.34. The molecule has 0 radical (unpaired) electrons. The minimum Gasteiger partial charge on any atom is -0.324 e. The number of allylic oxidation sites excluding steroid dienone is 1. The average molecular weight is 254 g/mol. The summed E-state index contributed by atoms with van der Waals surface area (Å²) in [6.45, 7) is 4.20. The van der Waals surface area contributed by atoms with Crippen molar-refractivity contribution in [2.45, 2.75) is 26.7 Å². The van der Waals surface area contributed by atoms with Gasteiger partial charge in [0.1, 0.15) is 0 Å². The van der Waals surface area contributed by atoms with Gasteiger partial charge in [-0.3, -0.25) is 4.57 Å². The van der Waals surface area contributed by atoms with E-state index < -0.39 is 7.60 Å². The van der Waals surface area contributed by atoms with Gasteiger partial charge in [0.25, 0.3) is 0 Å². The van der Waals surface area contributed by atoms with Gasteiger partial charge >= 0.3 is 7.60 Å². The van der Waals surface area contributed by atoms with E-state index >= 15 is 0 Å². The lowest BCUT2D eigenvalue weighted by Crippen LogP contribution is -1.94. The first-order valence-electron chi connectivity index (χ1n) is 5.79. The molecule has 3 nitrogen and oxygen atoms in total. The third-order valence-electron chi connectivity index (χ3n) is 2.68. The first-order valence-corrected chi connectivity index (χ1v) is 7.59. The van der Waals surface area contributed by atoms with Crippen LogP contribution in [-0.2, 0) is 17.4 Å². The molecule has 0 aliphatic heterocycles. The van der Waals surface area contributed by atoms with Crippen LogP contribution in [0.2, 0.25) is 0 Å². The summed E-state index contributed by atoms with van der Waals surface area (Å²) in [6.07, 6.45) is 5.06. The van der Waals surface area contributed by atoms with E-state index in [9.17, 15) is 4.57 Å². The smallest absolute Gasteiger partial charge is 0.324 e. The zero-order chi connectivity index (χ0) is 12.9. The standard InChI is InChI=1S/C13H19O3P/c1-3-11-7-5-8-12(13(11)4-2)9-6-10-17(14,15)16/h5-9H,3-4,10H2,1-2H3,(H2,14,15,16)/b9-6+. The molecule has 0 aromatic heterocycles. The highest BCUT2D eigenvalue weighted by atomic mass is 31.2. The van der Waals surface area contributed by atoms with Gasteiger partial charge in [-0.05, 0) is 29.5 Å². The third-order valence-corrected chi connectivity index (χ3v) is 3.37. The minimum atomic E-state index is -3.93. The number of hydrogen-bond donors (Lipinski definition) is 2. The molecule has 1 rings (SSSR count). The molecule has 1 aromatic rings. The maximum absolute atomic E-state index is 10.7. The van der Waals surface area contributed by atoms with Crippen LogP contribution in [0, 0.1) is 0 Å². The maximum atomic E-state index is 10.7. The summed E-state index contributed by atoms with van der Waals surface area (Å²) in [7, 11) is -3.93. The molecule has 0 heterocycles. The van der Waals surface area contributed by atoms with E-state index in [1.165, 1.54) is 11.1 Å². The van der Waals surface area contributed by atoms with Gasteiger partial charge in [-0.2, -0.15) is 0 Å². The Hall–Kier alpha value is -0.890. The van der Waals surface area contributed by atoms with Gasteiger partial charge in [0.05, 0.1) is 6.16 Å². The van der Waals surface area contributed by atoms with Crippen molar-refractivity contribution in [3.8, 4) is 0 Å². The summed E-state index contributed by atoms with van der Waals surface area (Å²) < 4.78 is 10.7. The summed E-state index contributed by atoms with van der Waals surface area (Å²) in [6, 6.07) is 6.06. The Morgan fingerprint density at radius 2 is 1.94 bits per heavy atom. The van der Waals surface area contributed by atoms with Crippen molar-refractivity contribution in [2.75, 3.05) is 6.16 Å². The normalized spacial score (nSPS) is 12.2. The van der Waals surface area contributed by atoms with Crippen LogP contribution in [-0.4, -0.2) is 15.9 Å². The molecule has 0 bridgehead atoms. The maximum Gasteiger partial charge on any atom is 0.329 e. The molecule has 17 heavy (non-hydrogen) atoms. The van der Waals surface area contributed by atoms with E-state index in [-0.39, 0.29) is 6.16 Å². The fourth-order valence-electron chi connectivity index (χ4n) is 1.89. The molecule has 4 heteroatoms. The van der Waals surface area contributed by atoms with Crippen molar-refractivity contribution in [1.29, 1.82) is 0 Å². The Morgan fingerprint density at radius 3 is 2.47 bits per heavy atom. The van der Waals surface area contributed by atoms with Crippen molar-refractivity contribution in [3.05, 3.63) is 41.0 Å². The zero-order valence-corrected chi connectivity index (χ0v) is 11.2. The number of aryl methyl sites for hydroxylation is 1. The predicted molar refractivity (Wildman–Crippen MR) is 71.1 cm³/mol. The number of hydrogen-bond acceptors (Lipinski definition) is 1. The summed E-state index contributed by atoms with van der Waals surface area (Å²) in [4.78, 5) is 17.6. The molecule has 0 amide bonds. The van der Waals surface area contributed by atoms with Gasteiger partial charge in [-0.1, -0.05) is 44.2 Å². The molecule has 0 fully saturated rings. The fraction of sp³-hybridized carbons (Fsp3) is 0.385. The van der Waals surface area contributed by atoms with Gasteiger partial charge in [0, 0.05) is 0 Å². The van der Waals surface area contributed by atoms with E-state index in [2.05, 4.69) is 19.9 Å². The molecule has 0 aliphatic rings. The molecule has 0 unspecified atom stereocenters. The highest BCUT2D eigenvalue weighted by Gasteiger charge is 2.09. The van der Waals surface area contributed by atoms with E-state index in [0.29, 0.717) is 0 Å². The van der Waals surface area contributed by atoms with Gasteiger partial charge in [0.15, 0.2) is 0 Å². The monoisotopic (exact) mass is 254 g/mol. The number of benzene rings is 1. The zero-order valence-electron chi connectivity index (χ0n) is 10.3. The molecule has 2 N–H and O–H groups in total. The van der Waals surface area contributed by atoms with E-state index in [0.717, 1.165) is 18.4 Å². The first kappa shape index (κ1) is 14.2. The van der Waals surface area contributed by atoms with Gasteiger partial charge < -0.3 is 9.79 Å². The van der Waals surface area contributed by atoms with Gasteiger partial charge in [0.2, 0.25) is 0 Å². The Bertz CT molecular complexity index is 446. The van der Waals surface area contributed by atoms with Crippen LogP contribution in [0.1, 0.15) is 30.5 Å². The summed E-state index contributed by atoms with van der Waals surface area (Å²) in [5.41, 5.74) is 3.61. The second kappa shape index (κ2) is 6.15. The van der Waals surface area contributed by atoms with Crippen LogP contribution in [0.25, 0.3) is 6.08 Å². The third kappa shape index (κ3) is 4.47. The first-order chi connectivity index (χ1) is 7.98. The van der Waals surface area contributed by atoms with Crippen molar-refractivity contribution < 1.29 is 14.4 Å². The lowest BCUT2D eigenvalue weighted by atomic mass is 9.97. The molecule has 0 spiro atoms. The van der Waals surface area contributed by atoms with Crippen LogP contribution >= 0.6 is 7.60 Å². The summed E-state index contributed by atoms with van der Waals surface area (Å²) in [5.74, 6) is 0. The van der Waals surface area contributed by atoms with Crippen LogP contribution in [0.4, 0.5) is 0 Å². The predicted octanol–water partition coefficient (Wildman–Crippen LogP) is 3.00. The molecular weight excluding hydrogens is 235 g/mol. The molecule has 94 valence electrons. The molecule has 1 aromatic carbocycles. The van der Waals surface area contributed by atoms with Crippen molar-refractivity contribution in [3.63, 3.8) is 0 Å². The average Bonchev–Trinajstić information content (AvgIpc) is 2.27. The Kier molecular flexibility index (Phi) is 5.13. The van der Waals surface area contributed by atoms with E-state index in [1.807, 2.05) is 12.1 Å². The van der Waals surface area contributed by atoms with E-state index in [1.54, 1.807) is 12.2 Å². The molecule has 0 aliphatic carbocycles. The molecule has 0 saturated carbocycles. The highest BCUT2D eigenvalue weighted by molar-refractivity contribution is 7.51. The minimum absolute atomic E-state index is 0.202. The van der Waals surface area contributed by atoms with Crippen LogP contribution in [0.15, 0.2) is 24.3 Å². The van der Waals surface area contributed by atoms with E-state index in [4.69, 9.17) is 9.79 Å². The number of rotatable bonds is 5. The Morgan fingerprint density at radius 1 is 1.24 bits per heavy atom. The van der Waals surface area contributed by atoms with Gasteiger partial charge in [-0.15, -0.1) is 0 Å². The molecular formula is C13H19O3P. The second-order valence-corrected chi connectivity index (χ2v) is 5.64. The largest absolute Gasteiger partial charge is 0.329 e. The molecule has 0 atom stereocenters. The Labute approximate surface area is 102 Å². The van der Waals surface area contributed by atoms with Crippen LogP contribution < -0.4 is 0 Å². The van der Waals surface area contributed by atoms with Crippen molar-refractivity contribution >= 4 is 13.7 Å². The molecule has 0 saturated heterocycles. The quantitative estimate of drug-likeness (QED) is 0.794. The lowest BCUT2D eigenvalue weighted by molar-refractivity contribution is 0.377. The SMILES string of the molecule is CCc1cccc(/C=C/CP(=O)(O)O)c1CC. The summed E-state index contributed by atoms with van der Waals surface area (Å²) in [5, 5.41) is 0. The van der Waals surface area contributed by atoms with Crippen LogP contribution in [0.3, 0.4) is 0 Å². The van der Waals surface area contributed by atoms with Crippen molar-refractivity contribution in [2.24, 2.45) is 0 Å². The lowest BCUT2D eigenvalue weighted by Gasteiger charge is -2.09. The van der Waals surface area contributed by atoms with Crippen LogP contribution in [0.5, 0.6) is 0 Å². The van der Waals surface area contributed by atoms with Crippen molar-refractivity contribution in [1.82, 2.24) is 0 Å². The topological polar surface area (TPSA) is 57.5 Å². The summed E-state index contributed by atoms with van der Waals surface area (Å²) >= 11 is 0. The second-order valence-electron chi connectivity index (χ2n) is 3.94. The fourth-order valence-corrected chi connectivity index (χ4v) is 2.27.